The number of ether oxygens (including phenoxy) is 1. The van der Waals surface area contributed by atoms with Crippen molar-refractivity contribution in [1.29, 1.82) is 0 Å². The lowest BCUT2D eigenvalue weighted by molar-refractivity contribution is 0.269. The molecule has 1 heterocycles. The second-order valence-electron chi connectivity index (χ2n) is 4.04. The van der Waals surface area contributed by atoms with Crippen LogP contribution in [0.3, 0.4) is 0 Å². The van der Waals surface area contributed by atoms with Crippen LogP contribution in [-0.4, -0.2) is 28.6 Å². The molecule has 6 heteroatoms. The third-order valence-electron chi connectivity index (χ3n) is 2.66. The third-order valence-corrected chi connectivity index (χ3v) is 2.98. The van der Waals surface area contributed by atoms with E-state index in [0.29, 0.717) is 23.9 Å². The number of halogens is 1. The quantitative estimate of drug-likeness (QED) is 0.852. The topological polar surface area (TPSA) is 59.3 Å². The Kier molecular flexibility index (Phi) is 4.65. The predicted molar refractivity (Wildman–Crippen MR) is 74.6 cm³/mol. The Labute approximate surface area is 116 Å². The van der Waals surface area contributed by atoms with Crippen molar-refractivity contribution >= 4 is 17.3 Å². The summed E-state index contributed by atoms with van der Waals surface area (Å²) in [6.45, 7) is 1.24. The first kappa shape index (κ1) is 13.7. The number of nitrogens with zero attached hydrogens (tertiary/aromatic N) is 2. The molecule has 0 aliphatic heterocycles. The number of aliphatic hydroxyl groups excluding tert-OH is 1. The average molecular weight is 282 g/mol. The maximum Gasteiger partial charge on any atom is 0.139 e. The fourth-order valence-corrected chi connectivity index (χ4v) is 1.89. The fraction of sp³-hybridized carbons (Fsp3) is 0.308. The first-order chi connectivity index (χ1) is 9.22. The summed E-state index contributed by atoms with van der Waals surface area (Å²) in [5.74, 6) is 0.641. The number of benzene rings is 1. The lowest BCUT2D eigenvalue weighted by Gasteiger charge is -2.08. The van der Waals surface area contributed by atoms with E-state index in [1.54, 1.807) is 24.1 Å². The molecule has 2 rings (SSSR count). The van der Waals surface area contributed by atoms with Gasteiger partial charge in [0.05, 0.1) is 31.5 Å². The Morgan fingerprint density at radius 2 is 2.32 bits per heavy atom. The van der Waals surface area contributed by atoms with Gasteiger partial charge < -0.3 is 15.2 Å². The Balaban J connectivity index is 1.97. The fourth-order valence-electron chi connectivity index (χ4n) is 1.70. The van der Waals surface area contributed by atoms with E-state index in [1.807, 2.05) is 18.3 Å². The number of rotatable bonds is 6. The summed E-state index contributed by atoms with van der Waals surface area (Å²) in [4.78, 5) is 0. The van der Waals surface area contributed by atoms with E-state index in [1.165, 1.54) is 0 Å². The number of aliphatic hydroxyl groups is 1. The summed E-state index contributed by atoms with van der Waals surface area (Å²) < 4.78 is 6.87. The van der Waals surface area contributed by atoms with Crippen LogP contribution in [-0.2, 0) is 13.1 Å². The molecule has 0 spiro atoms. The van der Waals surface area contributed by atoms with Crippen molar-refractivity contribution in [3.63, 3.8) is 0 Å². The first-order valence-corrected chi connectivity index (χ1v) is 6.30. The van der Waals surface area contributed by atoms with Crippen LogP contribution in [0.4, 0.5) is 5.69 Å². The molecule has 102 valence electrons. The van der Waals surface area contributed by atoms with Gasteiger partial charge >= 0.3 is 0 Å². The summed E-state index contributed by atoms with van der Waals surface area (Å²) in [7, 11) is 1.59. The zero-order chi connectivity index (χ0) is 13.7. The zero-order valence-corrected chi connectivity index (χ0v) is 11.4. The lowest BCUT2D eigenvalue weighted by Crippen LogP contribution is -2.02. The van der Waals surface area contributed by atoms with Crippen LogP contribution in [0.5, 0.6) is 5.75 Å². The maximum atomic E-state index is 8.82. The van der Waals surface area contributed by atoms with Crippen LogP contribution < -0.4 is 10.1 Å². The number of nitrogens with one attached hydrogen (secondary N) is 1. The summed E-state index contributed by atoms with van der Waals surface area (Å²) in [6.07, 6.45) is 3.67. The number of hydrogen-bond donors (Lipinski definition) is 2. The Bertz CT molecular complexity index is 542. The normalized spacial score (nSPS) is 10.5. The molecule has 1 aromatic carbocycles. The van der Waals surface area contributed by atoms with Crippen molar-refractivity contribution in [2.24, 2.45) is 0 Å². The molecule has 2 N–H and O–H groups in total. The van der Waals surface area contributed by atoms with E-state index in [9.17, 15) is 0 Å². The minimum Gasteiger partial charge on any atom is -0.495 e. The SMILES string of the molecule is COc1cc(NCc2cnn(CCO)c2)ccc1Cl. The molecule has 0 atom stereocenters. The van der Waals surface area contributed by atoms with Crippen LogP contribution >= 0.6 is 11.6 Å². The van der Waals surface area contributed by atoms with Crippen molar-refractivity contribution in [3.05, 3.63) is 41.2 Å². The lowest BCUT2D eigenvalue weighted by atomic mass is 10.3. The Morgan fingerprint density at radius 3 is 3.05 bits per heavy atom. The summed E-state index contributed by atoms with van der Waals surface area (Å²) in [5, 5.41) is 16.8. The van der Waals surface area contributed by atoms with Crippen molar-refractivity contribution in [2.45, 2.75) is 13.1 Å². The van der Waals surface area contributed by atoms with E-state index in [4.69, 9.17) is 21.4 Å². The number of anilines is 1. The van der Waals surface area contributed by atoms with Gasteiger partial charge in [-0.25, -0.2) is 0 Å². The van der Waals surface area contributed by atoms with E-state index < -0.39 is 0 Å². The van der Waals surface area contributed by atoms with Gasteiger partial charge in [0.25, 0.3) is 0 Å². The van der Waals surface area contributed by atoms with E-state index in [0.717, 1.165) is 11.3 Å². The molecule has 0 amide bonds. The van der Waals surface area contributed by atoms with Crippen LogP contribution in [0, 0.1) is 0 Å². The van der Waals surface area contributed by atoms with Gasteiger partial charge in [-0.2, -0.15) is 5.10 Å². The molecule has 0 saturated heterocycles. The number of methoxy groups -OCH3 is 1. The van der Waals surface area contributed by atoms with Gasteiger partial charge in [-0.1, -0.05) is 11.6 Å². The second kappa shape index (κ2) is 6.45. The molecular weight excluding hydrogens is 266 g/mol. The monoisotopic (exact) mass is 281 g/mol. The van der Waals surface area contributed by atoms with Crippen molar-refractivity contribution in [1.82, 2.24) is 9.78 Å². The van der Waals surface area contributed by atoms with Gasteiger partial charge in [0, 0.05) is 30.1 Å². The molecule has 0 bridgehead atoms. The number of hydrogen-bond acceptors (Lipinski definition) is 4. The van der Waals surface area contributed by atoms with Crippen LogP contribution in [0.2, 0.25) is 5.02 Å². The number of aromatic nitrogens is 2. The molecule has 0 fully saturated rings. The minimum absolute atomic E-state index is 0.0862. The summed E-state index contributed by atoms with van der Waals surface area (Å²) >= 11 is 5.96. The largest absolute Gasteiger partial charge is 0.495 e. The van der Waals surface area contributed by atoms with Crippen molar-refractivity contribution < 1.29 is 9.84 Å². The highest BCUT2D eigenvalue weighted by atomic mass is 35.5. The minimum atomic E-state index is 0.0862. The van der Waals surface area contributed by atoms with Gasteiger partial charge in [-0.15, -0.1) is 0 Å². The van der Waals surface area contributed by atoms with E-state index in [-0.39, 0.29) is 6.61 Å². The maximum absolute atomic E-state index is 8.82. The summed E-state index contributed by atoms with van der Waals surface area (Å²) in [5.41, 5.74) is 1.97. The van der Waals surface area contributed by atoms with Gasteiger partial charge in [-0.3, -0.25) is 4.68 Å². The van der Waals surface area contributed by atoms with Crippen LogP contribution in [0.15, 0.2) is 30.6 Å². The predicted octanol–water partition coefficient (Wildman–Crippen LogP) is 2.15. The molecule has 2 aromatic rings. The van der Waals surface area contributed by atoms with Gasteiger partial charge in [0.15, 0.2) is 0 Å². The smallest absolute Gasteiger partial charge is 0.139 e. The molecule has 0 unspecified atom stereocenters. The highest BCUT2D eigenvalue weighted by Crippen LogP contribution is 2.27. The van der Waals surface area contributed by atoms with Gasteiger partial charge in [-0.05, 0) is 12.1 Å². The van der Waals surface area contributed by atoms with Crippen LogP contribution in [0.25, 0.3) is 0 Å². The standard InChI is InChI=1S/C13H16ClN3O2/c1-19-13-6-11(2-3-12(13)14)15-7-10-8-16-17(9-10)4-5-18/h2-3,6,8-9,15,18H,4-5,7H2,1H3. The van der Waals surface area contributed by atoms with Crippen molar-refractivity contribution in [2.75, 3.05) is 19.0 Å². The van der Waals surface area contributed by atoms with Crippen LogP contribution in [0.1, 0.15) is 5.56 Å². The highest BCUT2D eigenvalue weighted by Gasteiger charge is 2.03. The van der Waals surface area contributed by atoms with E-state index >= 15 is 0 Å². The average Bonchev–Trinajstić information content (AvgIpc) is 2.86. The Hall–Kier alpha value is -1.72. The molecular formula is C13H16ClN3O2. The molecule has 0 saturated carbocycles. The second-order valence-corrected chi connectivity index (χ2v) is 4.45. The van der Waals surface area contributed by atoms with Gasteiger partial charge in [0.2, 0.25) is 0 Å². The molecule has 0 aliphatic rings. The van der Waals surface area contributed by atoms with Crippen molar-refractivity contribution in [3.8, 4) is 5.75 Å². The molecule has 19 heavy (non-hydrogen) atoms. The Morgan fingerprint density at radius 1 is 1.47 bits per heavy atom. The molecule has 0 radical (unpaired) electrons. The highest BCUT2D eigenvalue weighted by molar-refractivity contribution is 6.32. The summed E-state index contributed by atoms with van der Waals surface area (Å²) in [6, 6.07) is 5.53. The first-order valence-electron chi connectivity index (χ1n) is 5.92. The molecule has 1 aromatic heterocycles. The van der Waals surface area contributed by atoms with E-state index in [2.05, 4.69) is 10.4 Å². The molecule has 0 aliphatic carbocycles. The zero-order valence-electron chi connectivity index (χ0n) is 10.6. The molecule has 5 nitrogen and oxygen atoms in total. The third kappa shape index (κ3) is 3.62. The van der Waals surface area contributed by atoms with Gasteiger partial charge in [0.1, 0.15) is 5.75 Å².